The highest BCUT2D eigenvalue weighted by atomic mass is 79.9. The van der Waals surface area contributed by atoms with Gasteiger partial charge in [-0.25, -0.2) is 4.98 Å². The van der Waals surface area contributed by atoms with Crippen molar-refractivity contribution < 1.29 is 14.3 Å². The molecule has 0 saturated heterocycles. The minimum atomic E-state index is -0.590. The van der Waals surface area contributed by atoms with E-state index in [2.05, 4.69) is 20.9 Å². The summed E-state index contributed by atoms with van der Waals surface area (Å²) in [7, 11) is 0. The topological polar surface area (TPSA) is 82.3 Å². The van der Waals surface area contributed by atoms with Gasteiger partial charge in [-0.3, -0.25) is 9.59 Å². The Labute approximate surface area is 127 Å². The molecule has 1 heterocycles. The number of hydrogen-bond acceptors (Lipinski definition) is 4. The van der Waals surface area contributed by atoms with Crippen molar-refractivity contribution in [2.45, 2.75) is 39.2 Å². The molecule has 6 heteroatoms. The van der Waals surface area contributed by atoms with Crippen LogP contribution in [0.3, 0.4) is 0 Å². The van der Waals surface area contributed by atoms with Gasteiger partial charge in [-0.15, -0.1) is 0 Å². The van der Waals surface area contributed by atoms with Crippen molar-refractivity contribution in [3.63, 3.8) is 0 Å². The molecular formula is C14H19BrN2O3. The molecule has 0 radical (unpaired) electrons. The van der Waals surface area contributed by atoms with Gasteiger partial charge in [-0.1, -0.05) is 6.07 Å². The molecule has 1 amide bonds. The van der Waals surface area contributed by atoms with Crippen molar-refractivity contribution in [1.82, 2.24) is 4.98 Å². The Kier molecular flexibility index (Phi) is 5.68. The van der Waals surface area contributed by atoms with Gasteiger partial charge in [-0.05, 0) is 54.8 Å². The van der Waals surface area contributed by atoms with E-state index in [9.17, 15) is 9.59 Å². The van der Waals surface area contributed by atoms with Gasteiger partial charge in [0.15, 0.2) is 0 Å². The molecule has 0 aromatic carbocycles. The molecule has 0 fully saturated rings. The van der Waals surface area contributed by atoms with Crippen LogP contribution in [0.2, 0.25) is 0 Å². The van der Waals surface area contributed by atoms with Gasteiger partial charge in [0.2, 0.25) is 5.91 Å². The number of esters is 1. The molecule has 1 unspecified atom stereocenters. The lowest BCUT2D eigenvalue weighted by molar-refractivity contribution is -0.157. The molecular weight excluding hydrogens is 324 g/mol. The van der Waals surface area contributed by atoms with Gasteiger partial charge < -0.3 is 10.5 Å². The standard InChI is InChI=1S/C14H19BrN2O3/c1-14(2,3)20-12(18)7-10(13(16)19)6-9-4-5-11(15)17-8-9/h4-5,8,10H,6-7H2,1-3H3,(H2,16,19). The fourth-order valence-electron chi connectivity index (χ4n) is 1.67. The van der Waals surface area contributed by atoms with E-state index in [-0.39, 0.29) is 6.42 Å². The zero-order valence-corrected chi connectivity index (χ0v) is 13.4. The van der Waals surface area contributed by atoms with Crippen LogP contribution < -0.4 is 5.73 Å². The van der Waals surface area contributed by atoms with Gasteiger partial charge >= 0.3 is 5.97 Å². The minimum Gasteiger partial charge on any atom is -0.460 e. The number of carbonyl (C=O) groups excluding carboxylic acids is 2. The molecule has 1 aromatic heterocycles. The molecule has 110 valence electrons. The highest BCUT2D eigenvalue weighted by molar-refractivity contribution is 9.10. The molecule has 0 aliphatic rings. The number of nitrogens with two attached hydrogens (primary N) is 1. The number of aromatic nitrogens is 1. The van der Waals surface area contributed by atoms with E-state index in [0.717, 1.165) is 5.56 Å². The lowest BCUT2D eigenvalue weighted by Crippen LogP contribution is -2.31. The second-order valence-corrected chi connectivity index (χ2v) is 6.40. The van der Waals surface area contributed by atoms with E-state index in [1.54, 1.807) is 33.0 Å². The van der Waals surface area contributed by atoms with Gasteiger partial charge in [0.25, 0.3) is 0 Å². The molecule has 5 nitrogen and oxygen atoms in total. The molecule has 20 heavy (non-hydrogen) atoms. The maximum absolute atomic E-state index is 11.8. The molecule has 1 atom stereocenters. The third-order valence-electron chi connectivity index (χ3n) is 2.51. The van der Waals surface area contributed by atoms with Crippen LogP contribution in [0, 0.1) is 5.92 Å². The molecule has 0 aliphatic carbocycles. The van der Waals surface area contributed by atoms with Crippen molar-refractivity contribution in [1.29, 1.82) is 0 Å². The summed E-state index contributed by atoms with van der Waals surface area (Å²) in [4.78, 5) is 27.3. The zero-order chi connectivity index (χ0) is 15.3. The first-order chi connectivity index (χ1) is 9.17. The minimum absolute atomic E-state index is 0.0251. The van der Waals surface area contributed by atoms with Gasteiger partial charge in [0.1, 0.15) is 10.2 Å². The number of nitrogens with zero attached hydrogens (tertiary/aromatic N) is 1. The van der Waals surface area contributed by atoms with Crippen LogP contribution in [0.15, 0.2) is 22.9 Å². The number of carbonyl (C=O) groups is 2. The smallest absolute Gasteiger partial charge is 0.307 e. The van der Waals surface area contributed by atoms with Crippen LogP contribution in [-0.4, -0.2) is 22.5 Å². The van der Waals surface area contributed by atoms with E-state index >= 15 is 0 Å². The summed E-state index contributed by atoms with van der Waals surface area (Å²) < 4.78 is 5.92. The average Bonchev–Trinajstić information content (AvgIpc) is 2.28. The molecule has 0 saturated carbocycles. The normalized spacial score (nSPS) is 12.8. The van der Waals surface area contributed by atoms with Gasteiger partial charge in [-0.2, -0.15) is 0 Å². The summed E-state index contributed by atoms with van der Waals surface area (Å²) in [5.41, 5.74) is 5.63. The van der Waals surface area contributed by atoms with Crippen LogP contribution in [-0.2, 0) is 20.7 Å². The summed E-state index contributed by atoms with van der Waals surface area (Å²) in [5.74, 6) is -1.53. The summed E-state index contributed by atoms with van der Waals surface area (Å²) in [6, 6.07) is 3.61. The Bertz CT molecular complexity index is 480. The monoisotopic (exact) mass is 342 g/mol. The van der Waals surface area contributed by atoms with Crippen molar-refractivity contribution in [2.75, 3.05) is 0 Å². The average molecular weight is 343 g/mol. The molecule has 1 aromatic rings. The number of pyridine rings is 1. The predicted molar refractivity (Wildman–Crippen MR) is 78.8 cm³/mol. The lowest BCUT2D eigenvalue weighted by Gasteiger charge is -2.21. The summed E-state index contributed by atoms with van der Waals surface area (Å²) >= 11 is 3.24. The lowest BCUT2D eigenvalue weighted by atomic mass is 9.96. The van der Waals surface area contributed by atoms with E-state index in [1.807, 2.05) is 6.07 Å². The molecule has 0 spiro atoms. The van der Waals surface area contributed by atoms with Crippen LogP contribution in [0.25, 0.3) is 0 Å². The van der Waals surface area contributed by atoms with Crippen LogP contribution >= 0.6 is 15.9 Å². The number of halogens is 1. The largest absolute Gasteiger partial charge is 0.460 e. The predicted octanol–water partition coefficient (Wildman–Crippen LogP) is 2.22. The maximum Gasteiger partial charge on any atom is 0.307 e. The number of amides is 1. The SMILES string of the molecule is CC(C)(C)OC(=O)CC(Cc1ccc(Br)nc1)C(N)=O. The van der Waals surface area contributed by atoms with E-state index in [1.165, 1.54) is 0 Å². The van der Waals surface area contributed by atoms with Crippen molar-refractivity contribution in [3.8, 4) is 0 Å². The molecule has 0 bridgehead atoms. The molecule has 0 aliphatic heterocycles. The number of primary amides is 1. The second-order valence-electron chi connectivity index (χ2n) is 5.58. The summed E-state index contributed by atoms with van der Waals surface area (Å²) in [6.45, 7) is 5.34. The number of hydrogen-bond donors (Lipinski definition) is 1. The van der Waals surface area contributed by atoms with E-state index in [4.69, 9.17) is 10.5 Å². The highest BCUT2D eigenvalue weighted by Gasteiger charge is 2.24. The van der Waals surface area contributed by atoms with Crippen LogP contribution in [0.5, 0.6) is 0 Å². The van der Waals surface area contributed by atoms with Crippen LogP contribution in [0.1, 0.15) is 32.8 Å². The Morgan fingerprint density at radius 2 is 2.05 bits per heavy atom. The third-order valence-corrected chi connectivity index (χ3v) is 2.98. The first-order valence-electron chi connectivity index (χ1n) is 6.29. The zero-order valence-electron chi connectivity index (χ0n) is 11.9. The van der Waals surface area contributed by atoms with Crippen LogP contribution in [0.4, 0.5) is 0 Å². The molecule has 1 rings (SSSR count). The number of ether oxygens (including phenoxy) is 1. The third kappa shape index (κ3) is 6.14. The number of rotatable bonds is 5. The highest BCUT2D eigenvalue weighted by Crippen LogP contribution is 2.16. The summed E-state index contributed by atoms with van der Waals surface area (Å²) in [5, 5.41) is 0. The Hall–Kier alpha value is -1.43. The van der Waals surface area contributed by atoms with Crippen molar-refractivity contribution >= 4 is 27.8 Å². The molecule has 2 N–H and O–H groups in total. The Morgan fingerprint density at radius 3 is 2.50 bits per heavy atom. The maximum atomic E-state index is 11.8. The van der Waals surface area contributed by atoms with Crippen molar-refractivity contribution in [3.05, 3.63) is 28.5 Å². The second kappa shape index (κ2) is 6.83. The Balaban J connectivity index is 2.68. The van der Waals surface area contributed by atoms with Crippen molar-refractivity contribution in [2.24, 2.45) is 11.7 Å². The quantitative estimate of drug-likeness (QED) is 0.656. The van der Waals surface area contributed by atoms with E-state index < -0.39 is 23.4 Å². The van der Waals surface area contributed by atoms with E-state index in [0.29, 0.717) is 11.0 Å². The van der Waals surface area contributed by atoms with Gasteiger partial charge in [0.05, 0.1) is 12.3 Å². The Morgan fingerprint density at radius 1 is 1.40 bits per heavy atom. The fourth-order valence-corrected chi connectivity index (χ4v) is 1.90. The summed E-state index contributed by atoms with van der Waals surface area (Å²) in [6.07, 6.45) is 1.99. The first kappa shape index (κ1) is 16.6. The van der Waals surface area contributed by atoms with Gasteiger partial charge in [0, 0.05) is 6.20 Å². The first-order valence-corrected chi connectivity index (χ1v) is 7.08. The fraction of sp³-hybridized carbons (Fsp3) is 0.500.